The van der Waals surface area contributed by atoms with Crippen LogP contribution in [0.1, 0.15) is 33.6 Å². The molecule has 1 fully saturated rings. The maximum Gasteiger partial charge on any atom is 0.258 e. The van der Waals surface area contributed by atoms with Crippen LogP contribution in [0.4, 0.5) is 5.69 Å². The topological polar surface area (TPSA) is 71.3 Å². The summed E-state index contributed by atoms with van der Waals surface area (Å²) in [6.45, 7) is 0.741. The zero-order valence-corrected chi connectivity index (χ0v) is 15.8. The molecule has 1 aliphatic rings. The summed E-state index contributed by atoms with van der Waals surface area (Å²) in [4.78, 5) is 24.4. The molecule has 2 amide bonds. The molecule has 6 heteroatoms. The van der Waals surface area contributed by atoms with E-state index in [1.807, 2.05) is 18.2 Å². The van der Waals surface area contributed by atoms with Crippen molar-refractivity contribution in [1.29, 1.82) is 0 Å². The van der Waals surface area contributed by atoms with Crippen LogP contribution in [0.25, 0.3) is 11.1 Å². The molecule has 0 aliphatic heterocycles. The van der Waals surface area contributed by atoms with Crippen molar-refractivity contribution in [3.8, 4) is 11.1 Å². The van der Waals surface area contributed by atoms with Gasteiger partial charge in [0.15, 0.2) is 0 Å². The molecule has 0 spiro atoms. The highest BCUT2D eigenvalue weighted by Gasteiger charge is 2.21. The Morgan fingerprint density at radius 2 is 1.79 bits per heavy atom. The van der Waals surface area contributed by atoms with Gasteiger partial charge in [-0.3, -0.25) is 9.59 Å². The second-order valence-corrected chi connectivity index (χ2v) is 7.30. The van der Waals surface area contributed by atoms with E-state index in [0.29, 0.717) is 27.8 Å². The third-order valence-corrected chi connectivity index (χ3v) is 5.04. The van der Waals surface area contributed by atoms with Gasteiger partial charge in [-0.25, -0.2) is 0 Å². The molecule has 2 N–H and O–H groups in total. The third-order valence-electron chi connectivity index (χ3n) is 4.71. The van der Waals surface area contributed by atoms with Crippen molar-refractivity contribution in [2.75, 3.05) is 11.9 Å². The van der Waals surface area contributed by atoms with Gasteiger partial charge in [0.2, 0.25) is 0 Å². The minimum atomic E-state index is -0.260. The van der Waals surface area contributed by atoms with Crippen LogP contribution in [0.5, 0.6) is 0 Å². The summed E-state index contributed by atoms with van der Waals surface area (Å²) in [6.07, 6.45) is 5.24. The average Bonchev–Trinajstić information content (AvgIpc) is 3.38. The van der Waals surface area contributed by atoms with Crippen molar-refractivity contribution in [1.82, 2.24) is 5.32 Å². The fourth-order valence-corrected chi connectivity index (χ4v) is 3.11. The molecule has 1 aliphatic carbocycles. The molecule has 0 unspecified atom stereocenters. The molecule has 0 bridgehead atoms. The minimum absolute atomic E-state index is 0.0642. The number of amides is 2. The Balaban J connectivity index is 1.49. The number of rotatable bonds is 6. The fourth-order valence-electron chi connectivity index (χ4n) is 2.88. The van der Waals surface area contributed by atoms with Gasteiger partial charge < -0.3 is 15.1 Å². The van der Waals surface area contributed by atoms with Crippen molar-refractivity contribution in [2.24, 2.45) is 5.92 Å². The number of carbonyl (C=O) groups excluding carboxylic acids is 2. The SMILES string of the molecule is O=C(NCC1CC1)c1ccc(-c2cc(NC(=O)c3ccoc3)ccc2Cl)cc1. The van der Waals surface area contributed by atoms with Crippen molar-refractivity contribution in [3.63, 3.8) is 0 Å². The molecule has 1 saturated carbocycles. The quantitative estimate of drug-likeness (QED) is 0.618. The number of halogens is 1. The number of hydrogen-bond donors (Lipinski definition) is 2. The molecule has 4 rings (SSSR count). The molecule has 1 heterocycles. The van der Waals surface area contributed by atoms with Crippen LogP contribution in [0.2, 0.25) is 5.02 Å². The first-order valence-electron chi connectivity index (χ1n) is 9.12. The predicted molar refractivity (Wildman–Crippen MR) is 109 cm³/mol. The zero-order chi connectivity index (χ0) is 19.5. The Labute approximate surface area is 167 Å². The lowest BCUT2D eigenvalue weighted by Crippen LogP contribution is -2.25. The number of benzene rings is 2. The number of carbonyl (C=O) groups is 2. The van der Waals surface area contributed by atoms with Gasteiger partial charge in [-0.05, 0) is 60.7 Å². The number of nitrogens with one attached hydrogen (secondary N) is 2. The highest BCUT2D eigenvalue weighted by Crippen LogP contribution is 2.31. The van der Waals surface area contributed by atoms with Gasteiger partial charge in [0.1, 0.15) is 6.26 Å². The van der Waals surface area contributed by atoms with Crippen LogP contribution in [-0.4, -0.2) is 18.4 Å². The second kappa shape index (κ2) is 7.90. The van der Waals surface area contributed by atoms with Crippen molar-refractivity contribution in [2.45, 2.75) is 12.8 Å². The Morgan fingerprint density at radius 3 is 2.46 bits per heavy atom. The van der Waals surface area contributed by atoms with Gasteiger partial charge in [0.05, 0.1) is 11.8 Å². The summed E-state index contributed by atoms with van der Waals surface area (Å²) in [5.74, 6) is 0.317. The molecule has 0 radical (unpaired) electrons. The summed E-state index contributed by atoms with van der Waals surface area (Å²) in [5.41, 5.74) is 3.32. The smallest absolute Gasteiger partial charge is 0.258 e. The Morgan fingerprint density at radius 1 is 1.00 bits per heavy atom. The van der Waals surface area contributed by atoms with Gasteiger partial charge in [-0.1, -0.05) is 23.7 Å². The fraction of sp³-hybridized carbons (Fsp3) is 0.182. The molecule has 142 valence electrons. The van der Waals surface area contributed by atoms with Crippen LogP contribution in [0.15, 0.2) is 65.5 Å². The molecule has 5 nitrogen and oxygen atoms in total. The van der Waals surface area contributed by atoms with E-state index < -0.39 is 0 Å². The van der Waals surface area contributed by atoms with E-state index in [4.69, 9.17) is 16.0 Å². The van der Waals surface area contributed by atoms with E-state index in [0.717, 1.165) is 17.7 Å². The second-order valence-electron chi connectivity index (χ2n) is 6.89. The van der Waals surface area contributed by atoms with E-state index in [1.54, 1.807) is 30.3 Å². The van der Waals surface area contributed by atoms with Crippen molar-refractivity contribution < 1.29 is 14.0 Å². The number of furan rings is 1. The molecular weight excluding hydrogens is 376 g/mol. The zero-order valence-electron chi connectivity index (χ0n) is 15.1. The lowest BCUT2D eigenvalue weighted by atomic mass is 10.0. The predicted octanol–water partition coefficient (Wildman–Crippen LogP) is 4.99. The summed E-state index contributed by atoms with van der Waals surface area (Å²) in [5, 5.41) is 6.34. The molecule has 0 atom stereocenters. The molecular formula is C22H19ClN2O3. The summed E-state index contributed by atoms with van der Waals surface area (Å²) < 4.78 is 4.94. The molecule has 3 aromatic rings. The van der Waals surface area contributed by atoms with Gasteiger partial charge in [0, 0.05) is 28.4 Å². The monoisotopic (exact) mass is 394 g/mol. The highest BCUT2D eigenvalue weighted by molar-refractivity contribution is 6.33. The van der Waals surface area contributed by atoms with Crippen LogP contribution in [0, 0.1) is 5.92 Å². The molecule has 28 heavy (non-hydrogen) atoms. The molecule has 1 aromatic heterocycles. The molecule has 0 saturated heterocycles. The Bertz CT molecular complexity index is 993. The first-order chi connectivity index (χ1) is 13.6. The largest absolute Gasteiger partial charge is 0.472 e. The normalized spacial score (nSPS) is 13.2. The summed E-state index contributed by atoms with van der Waals surface area (Å²) in [7, 11) is 0. The lowest BCUT2D eigenvalue weighted by molar-refractivity contribution is 0.0951. The van der Waals surface area contributed by atoms with E-state index in [9.17, 15) is 9.59 Å². The van der Waals surface area contributed by atoms with Gasteiger partial charge in [0.25, 0.3) is 11.8 Å². The minimum Gasteiger partial charge on any atom is -0.472 e. The van der Waals surface area contributed by atoms with Crippen LogP contribution >= 0.6 is 11.6 Å². The summed E-state index contributed by atoms with van der Waals surface area (Å²) in [6, 6.07) is 14.2. The van der Waals surface area contributed by atoms with E-state index in [1.165, 1.54) is 25.4 Å². The maximum absolute atomic E-state index is 12.2. The van der Waals surface area contributed by atoms with E-state index in [2.05, 4.69) is 10.6 Å². The first kappa shape index (κ1) is 18.3. The standard InChI is InChI=1S/C22H19ClN2O3/c23-20-8-7-18(25-22(27)17-9-10-28-13-17)11-19(20)15-3-5-16(6-4-15)21(26)24-12-14-1-2-14/h3-11,13-14H,1-2,12H2,(H,24,26)(H,25,27). The van der Waals surface area contributed by atoms with E-state index in [-0.39, 0.29) is 11.8 Å². The van der Waals surface area contributed by atoms with Crippen LogP contribution in [0.3, 0.4) is 0 Å². The van der Waals surface area contributed by atoms with Crippen LogP contribution < -0.4 is 10.6 Å². The maximum atomic E-state index is 12.2. The van der Waals surface area contributed by atoms with E-state index >= 15 is 0 Å². The Kier molecular flexibility index (Phi) is 5.17. The third kappa shape index (κ3) is 4.26. The van der Waals surface area contributed by atoms with Crippen LogP contribution in [-0.2, 0) is 0 Å². The van der Waals surface area contributed by atoms with Gasteiger partial charge in [-0.2, -0.15) is 0 Å². The van der Waals surface area contributed by atoms with Gasteiger partial charge >= 0.3 is 0 Å². The summed E-state index contributed by atoms with van der Waals surface area (Å²) >= 11 is 6.35. The average molecular weight is 395 g/mol. The Hall–Kier alpha value is -3.05. The lowest BCUT2D eigenvalue weighted by Gasteiger charge is -2.10. The van der Waals surface area contributed by atoms with Crippen molar-refractivity contribution in [3.05, 3.63) is 77.2 Å². The highest BCUT2D eigenvalue weighted by atomic mass is 35.5. The molecule has 2 aromatic carbocycles. The number of hydrogen-bond acceptors (Lipinski definition) is 3. The number of anilines is 1. The van der Waals surface area contributed by atoms with Crippen molar-refractivity contribution >= 4 is 29.1 Å². The van der Waals surface area contributed by atoms with Gasteiger partial charge in [-0.15, -0.1) is 0 Å². The first-order valence-corrected chi connectivity index (χ1v) is 9.49.